The molecule has 13 heavy (non-hydrogen) atoms. The summed E-state index contributed by atoms with van der Waals surface area (Å²) in [6.07, 6.45) is 0. The molecule has 0 aliphatic rings. The Balaban J connectivity index is -0.000000117. The number of hydrogen-bond donors (Lipinski definition) is 7. The van der Waals surface area contributed by atoms with Crippen LogP contribution in [0.1, 0.15) is 0 Å². The van der Waals surface area contributed by atoms with E-state index in [0.717, 1.165) is 0 Å². The number of phosphoric acid groups is 1. The molecule has 84 valence electrons. The summed E-state index contributed by atoms with van der Waals surface area (Å²) in [7, 11) is -10.9. The van der Waals surface area contributed by atoms with Gasteiger partial charge < -0.3 is 34.3 Å². The SMILES string of the molecule is O=P(O)(O)O.O=[PH](O)O.O=[PH](O)O. The Morgan fingerprint density at radius 1 is 0.769 bits per heavy atom. The second kappa shape index (κ2) is 10.5. The molecule has 0 rings (SSSR count). The third kappa shape index (κ3) is 8000. The first kappa shape index (κ1) is 19.1. The van der Waals surface area contributed by atoms with E-state index in [1.165, 1.54) is 0 Å². The summed E-state index contributed by atoms with van der Waals surface area (Å²) in [5.74, 6) is 0. The first-order chi connectivity index (χ1) is 5.46. The van der Waals surface area contributed by atoms with E-state index in [1.54, 1.807) is 0 Å². The Hall–Kier alpha value is 0.410. The molecule has 0 aliphatic heterocycles. The molecule has 10 nitrogen and oxygen atoms in total. The molecule has 0 spiro atoms. The second-order valence-corrected chi connectivity index (χ2v) is 3.24. The molecule has 0 aromatic rings. The van der Waals surface area contributed by atoms with Crippen molar-refractivity contribution < 1.29 is 47.9 Å². The molecule has 0 fully saturated rings. The summed E-state index contributed by atoms with van der Waals surface area (Å²) in [6.45, 7) is 0. The summed E-state index contributed by atoms with van der Waals surface area (Å²) < 4.78 is 26.4. The van der Waals surface area contributed by atoms with Gasteiger partial charge in [-0.1, -0.05) is 0 Å². The van der Waals surface area contributed by atoms with Gasteiger partial charge >= 0.3 is 24.3 Å². The van der Waals surface area contributed by atoms with Crippen molar-refractivity contribution >= 4 is 24.3 Å². The number of hydrogen-bond acceptors (Lipinski definition) is 3. The Morgan fingerprint density at radius 2 is 0.769 bits per heavy atom. The molecule has 0 heterocycles. The van der Waals surface area contributed by atoms with Crippen molar-refractivity contribution in [2.24, 2.45) is 0 Å². The van der Waals surface area contributed by atoms with Crippen molar-refractivity contribution in [2.45, 2.75) is 0 Å². The van der Waals surface area contributed by atoms with Gasteiger partial charge in [-0.05, 0) is 0 Å². The van der Waals surface area contributed by atoms with Gasteiger partial charge in [0.25, 0.3) is 0 Å². The molecule has 0 aliphatic carbocycles. The molecule has 0 saturated carbocycles. The molecule has 0 saturated heterocycles. The average Bonchev–Trinajstić information content (AvgIpc) is 1.50. The fraction of sp³-hybridized carbons (Fsp3) is 0. The fourth-order valence-electron chi connectivity index (χ4n) is 0. The van der Waals surface area contributed by atoms with Crippen LogP contribution in [0, 0.1) is 0 Å². The van der Waals surface area contributed by atoms with Crippen LogP contribution in [0.15, 0.2) is 0 Å². The molecule has 0 bridgehead atoms. The third-order valence-corrected chi connectivity index (χ3v) is 0. The summed E-state index contributed by atoms with van der Waals surface area (Å²) >= 11 is 0. The zero-order valence-corrected chi connectivity index (χ0v) is 8.70. The van der Waals surface area contributed by atoms with Crippen LogP contribution < -0.4 is 0 Å². The van der Waals surface area contributed by atoms with Crippen molar-refractivity contribution in [1.29, 1.82) is 0 Å². The maximum absolute atomic E-state index is 8.88. The Labute approximate surface area is 73.3 Å². The molecule has 0 aromatic heterocycles. The van der Waals surface area contributed by atoms with E-state index in [1.807, 2.05) is 0 Å². The lowest BCUT2D eigenvalue weighted by Gasteiger charge is -1.82. The lowest BCUT2D eigenvalue weighted by atomic mass is 15.8. The molecular formula is H9O10P3. The monoisotopic (exact) mass is 262 g/mol. The van der Waals surface area contributed by atoms with Gasteiger partial charge in [0, 0.05) is 0 Å². The van der Waals surface area contributed by atoms with Crippen molar-refractivity contribution in [1.82, 2.24) is 0 Å². The van der Waals surface area contributed by atoms with E-state index in [4.69, 9.17) is 47.9 Å². The molecule has 0 aromatic carbocycles. The van der Waals surface area contributed by atoms with Crippen LogP contribution in [0.4, 0.5) is 0 Å². The minimum atomic E-state index is -4.64. The van der Waals surface area contributed by atoms with E-state index in [0.29, 0.717) is 0 Å². The highest BCUT2D eigenvalue weighted by Crippen LogP contribution is 2.25. The number of rotatable bonds is 0. The van der Waals surface area contributed by atoms with E-state index >= 15 is 0 Å². The molecule has 13 heteroatoms. The van der Waals surface area contributed by atoms with Crippen molar-refractivity contribution in [3.63, 3.8) is 0 Å². The molecule has 0 amide bonds. The van der Waals surface area contributed by atoms with Crippen LogP contribution in [0.3, 0.4) is 0 Å². The summed E-state index contributed by atoms with van der Waals surface area (Å²) in [6, 6.07) is 0. The molecule has 0 atom stereocenters. The quantitative estimate of drug-likeness (QED) is 0.235. The molecule has 0 radical (unpaired) electrons. The molecular weight excluding hydrogens is 253 g/mol. The fourth-order valence-corrected chi connectivity index (χ4v) is 0. The Kier molecular flexibility index (Phi) is 15.4. The highest BCUT2D eigenvalue weighted by Gasteiger charge is 2.00. The Bertz CT molecular complexity index is 158. The van der Waals surface area contributed by atoms with Crippen molar-refractivity contribution in [2.75, 3.05) is 0 Å². The molecule has 7 N–H and O–H groups in total. The summed E-state index contributed by atoms with van der Waals surface area (Å²) in [5, 5.41) is 0. The van der Waals surface area contributed by atoms with Gasteiger partial charge in [-0.2, -0.15) is 0 Å². The topological polar surface area (TPSA) is 193 Å². The van der Waals surface area contributed by atoms with Crippen LogP contribution in [-0.2, 0) is 13.7 Å². The summed E-state index contributed by atoms with van der Waals surface area (Å²) in [4.78, 5) is 50.2. The van der Waals surface area contributed by atoms with Crippen molar-refractivity contribution in [3.05, 3.63) is 0 Å². The second-order valence-electron chi connectivity index (χ2n) is 1.08. The van der Waals surface area contributed by atoms with Crippen LogP contribution in [0.2, 0.25) is 0 Å². The zero-order valence-electron chi connectivity index (χ0n) is 5.80. The van der Waals surface area contributed by atoms with E-state index in [9.17, 15) is 0 Å². The Morgan fingerprint density at radius 3 is 0.769 bits per heavy atom. The van der Waals surface area contributed by atoms with Gasteiger partial charge in [0.2, 0.25) is 0 Å². The normalized spacial score (nSPS) is 9.92. The average molecular weight is 262 g/mol. The molecule has 0 unspecified atom stereocenters. The van der Waals surface area contributed by atoms with Crippen molar-refractivity contribution in [3.8, 4) is 0 Å². The first-order valence-corrected chi connectivity index (χ1v) is 6.26. The van der Waals surface area contributed by atoms with Gasteiger partial charge in [0.1, 0.15) is 0 Å². The zero-order chi connectivity index (χ0) is 11.7. The predicted molar refractivity (Wildman–Crippen MR) is 41.1 cm³/mol. The predicted octanol–water partition coefficient (Wildman–Crippen LogP) is -2.21. The standard InChI is InChI=1S/H3O4P.2H3O3P/c1-5(2,3)4;2*1-4(2)3/h(H3,1,2,3,4);2*4H,(H2,1,2,3). The van der Waals surface area contributed by atoms with Crippen LogP contribution >= 0.6 is 24.3 Å². The van der Waals surface area contributed by atoms with Gasteiger partial charge in [0.15, 0.2) is 0 Å². The van der Waals surface area contributed by atoms with Crippen LogP contribution in [0.5, 0.6) is 0 Å². The minimum Gasteiger partial charge on any atom is -0.326 e. The smallest absolute Gasteiger partial charge is 0.326 e. The summed E-state index contributed by atoms with van der Waals surface area (Å²) in [5.41, 5.74) is 0. The maximum Gasteiger partial charge on any atom is 0.466 e. The highest BCUT2D eigenvalue weighted by molar-refractivity contribution is 7.45. The lowest BCUT2D eigenvalue weighted by molar-refractivity contribution is 0.275. The lowest BCUT2D eigenvalue weighted by Crippen LogP contribution is -1.66. The van der Waals surface area contributed by atoms with Crippen LogP contribution in [0.25, 0.3) is 0 Å². The third-order valence-electron chi connectivity index (χ3n) is 0. The maximum atomic E-state index is 8.88. The van der Waals surface area contributed by atoms with Crippen LogP contribution in [-0.4, -0.2) is 34.3 Å². The largest absolute Gasteiger partial charge is 0.466 e. The van der Waals surface area contributed by atoms with E-state index in [2.05, 4.69) is 0 Å². The van der Waals surface area contributed by atoms with Gasteiger partial charge in [-0.15, -0.1) is 0 Å². The van der Waals surface area contributed by atoms with Gasteiger partial charge in [0.05, 0.1) is 0 Å². The first-order valence-electron chi connectivity index (χ1n) is 2.09. The highest BCUT2D eigenvalue weighted by atomic mass is 31.2. The van der Waals surface area contributed by atoms with E-state index < -0.39 is 24.3 Å². The van der Waals surface area contributed by atoms with E-state index in [-0.39, 0.29) is 0 Å². The van der Waals surface area contributed by atoms with Gasteiger partial charge in [-0.3, -0.25) is 9.13 Å². The minimum absolute atomic E-state index is 3.13. The van der Waals surface area contributed by atoms with Gasteiger partial charge in [-0.25, -0.2) is 4.57 Å².